The molecule has 19 heavy (non-hydrogen) atoms. The second kappa shape index (κ2) is 6.29. The van der Waals surface area contributed by atoms with E-state index < -0.39 is 4.92 Å². The molecule has 0 radical (unpaired) electrons. The molecule has 1 fully saturated rings. The summed E-state index contributed by atoms with van der Waals surface area (Å²) in [5.41, 5.74) is 0.883. The Labute approximate surface area is 111 Å². The number of nitrogens with one attached hydrogen (secondary N) is 2. The van der Waals surface area contributed by atoms with Crippen LogP contribution < -0.4 is 10.6 Å². The van der Waals surface area contributed by atoms with Crippen molar-refractivity contribution in [1.82, 2.24) is 10.6 Å². The number of nitrogens with zero attached hydrogens (tertiary/aromatic N) is 1. The molecule has 2 rings (SSSR count). The van der Waals surface area contributed by atoms with Crippen molar-refractivity contribution >= 4 is 11.6 Å². The van der Waals surface area contributed by atoms with Crippen molar-refractivity contribution in [2.24, 2.45) is 5.92 Å². The Morgan fingerprint density at radius 2 is 2.26 bits per heavy atom. The van der Waals surface area contributed by atoms with Gasteiger partial charge in [0.15, 0.2) is 0 Å². The summed E-state index contributed by atoms with van der Waals surface area (Å²) < 4.78 is 0. The van der Waals surface area contributed by atoms with Crippen LogP contribution in [0.15, 0.2) is 24.3 Å². The summed E-state index contributed by atoms with van der Waals surface area (Å²) in [6, 6.07) is 6.41. The van der Waals surface area contributed by atoms with E-state index in [9.17, 15) is 14.9 Å². The van der Waals surface area contributed by atoms with Crippen LogP contribution >= 0.6 is 0 Å². The molecule has 0 saturated carbocycles. The van der Waals surface area contributed by atoms with Gasteiger partial charge in [-0.05, 0) is 12.0 Å². The van der Waals surface area contributed by atoms with Crippen molar-refractivity contribution in [2.75, 3.05) is 19.6 Å². The third-order valence-corrected chi connectivity index (χ3v) is 3.22. The molecule has 0 aromatic heterocycles. The highest BCUT2D eigenvalue weighted by Crippen LogP contribution is 2.14. The monoisotopic (exact) mass is 263 g/mol. The highest BCUT2D eigenvalue weighted by Gasteiger charge is 2.17. The summed E-state index contributed by atoms with van der Waals surface area (Å²) >= 11 is 0. The van der Waals surface area contributed by atoms with Gasteiger partial charge in [-0.15, -0.1) is 0 Å². The predicted octanol–water partition coefficient (Wildman–Crippen LogP) is 0.863. The highest BCUT2D eigenvalue weighted by molar-refractivity contribution is 5.76. The van der Waals surface area contributed by atoms with Crippen LogP contribution in [0.1, 0.15) is 12.0 Å². The molecule has 0 aliphatic carbocycles. The Balaban J connectivity index is 1.75. The van der Waals surface area contributed by atoms with Crippen LogP contribution in [0.2, 0.25) is 0 Å². The van der Waals surface area contributed by atoms with E-state index in [4.69, 9.17) is 0 Å². The van der Waals surface area contributed by atoms with Gasteiger partial charge in [-0.2, -0.15) is 0 Å². The normalized spacial score (nSPS) is 14.7. The fourth-order valence-corrected chi connectivity index (χ4v) is 1.92. The van der Waals surface area contributed by atoms with E-state index in [2.05, 4.69) is 10.6 Å². The minimum atomic E-state index is -0.423. The molecule has 1 aliphatic rings. The van der Waals surface area contributed by atoms with Gasteiger partial charge in [0.2, 0.25) is 5.91 Å². The first-order valence-electron chi connectivity index (χ1n) is 6.36. The van der Waals surface area contributed by atoms with Crippen LogP contribution in [-0.2, 0) is 11.2 Å². The van der Waals surface area contributed by atoms with E-state index in [1.165, 1.54) is 12.1 Å². The third-order valence-electron chi connectivity index (χ3n) is 3.22. The van der Waals surface area contributed by atoms with Gasteiger partial charge in [0.1, 0.15) is 0 Å². The maximum absolute atomic E-state index is 11.6. The van der Waals surface area contributed by atoms with E-state index >= 15 is 0 Å². The van der Waals surface area contributed by atoms with Crippen LogP contribution in [0.5, 0.6) is 0 Å². The zero-order valence-corrected chi connectivity index (χ0v) is 10.6. The predicted molar refractivity (Wildman–Crippen MR) is 70.8 cm³/mol. The van der Waals surface area contributed by atoms with Crippen LogP contribution in [0.25, 0.3) is 0 Å². The third kappa shape index (κ3) is 4.03. The number of hydrogen-bond donors (Lipinski definition) is 2. The van der Waals surface area contributed by atoms with Crippen molar-refractivity contribution < 1.29 is 9.72 Å². The number of aryl methyl sites for hydroxylation is 1. The molecule has 1 amide bonds. The first-order chi connectivity index (χ1) is 9.15. The van der Waals surface area contributed by atoms with Gasteiger partial charge >= 0.3 is 0 Å². The quantitative estimate of drug-likeness (QED) is 0.589. The van der Waals surface area contributed by atoms with Gasteiger partial charge in [-0.1, -0.05) is 12.1 Å². The summed E-state index contributed by atoms with van der Waals surface area (Å²) in [5, 5.41) is 16.7. The van der Waals surface area contributed by atoms with Crippen molar-refractivity contribution in [1.29, 1.82) is 0 Å². The number of rotatable bonds is 6. The smallest absolute Gasteiger partial charge is 0.269 e. The molecule has 1 aromatic carbocycles. The first-order valence-corrected chi connectivity index (χ1v) is 6.36. The second-order valence-electron chi connectivity index (χ2n) is 4.76. The zero-order chi connectivity index (χ0) is 13.7. The highest BCUT2D eigenvalue weighted by atomic mass is 16.6. The molecule has 1 heterocycles. The van der Waals surface area contributed by atoms with E-state index in [-0.39, 0.29) is 11.6 Å². The van der Waals surface area contributed by atoms with Gasteiger partial charge < -0.3 is 10.6 Å². The molecule has 1 aliphatic heterocycles. The Morgan fingerprint density at radius 3 is 2.89 bits per heavy atom. The van der Waals surface area contributed by atoms with Gasteiger partial charge in [-0.25, -0.2) is 0 Å². The lowest BCUT2D eigenvalue weighted by Gasteiger charge is -2.27. The van der Waals surface area contributed by atoms with Crippen LogP contribution in [0.3, 0.4) is 0 Å². The SMILES string of the molecule is O=C(CCc1cccc([N+](=O)[O-])c1)NCC1CNC1. The lowest BCUT2D eigenvalue weighted by Crippen LogP contribution is -2.48. The lowest BCUT2D eigenvalue weighted by atomic mass is 10.0. The van der Waals surface area contributed by atoms with Crippen molar-refractivity contribution in [3.63, 3.8) is 0 Å². The Bertz CT molecular complexity index is 472. The molecule has 0 spiro atoms. The number of non-ortho nitro benzene ring substituents is 1. The number of nitro benzene ring substituents is 1. The average molecular weight is 263 g/mol. The fourth-order valence-electron chi connectivity index (χ4n) is 1.92. The number of hydrogen-bond acceptors (Lipinski definition) is 4. The van der Waals surface area contributed by atoms with Crippen LogP contribution in [0.4, 0.5) is 5.69 Å². The van der Waals surface area contributed by atoms with Crippen molar-refractivity contribution in [2.45, 2.75) is 12.8 Å². The Hall–Kier alpha value is -1.95. The molecule has 0 bridgehead atoms. The molecule has 1 saturated heterocycles. The molecule has 2 N–H and O–H groups in total. The van der Waals surface area contributed by atoms with E-state index in [0.717, 1.165) is 18.7 Å². The number of amides is 1. The fraction of sp³-hybridized carbons (Fsp3) is 0.462. The van der Waals surface area contributed by atoms with Crippen LogP contribution in [0, 0.1) is 16.0 Å². The maximum atomic E-state index is 11.6. The van der Waals surface area contributed by atoms with Gasteiger partial charge in [0, 0.05) is 44.1 Å². The summed E-state index contributed by atoms with van der Waals surface area (Å²) in [7, 11) is 0. The largest absolute Gasteiger partial charge is 0.356 e. The van der Waals surface area contributed by atoms with Gasteiger partial charge in [-0.3, -0.25) is 14.9 Å². The number of benzene rings is 1. The van der Waals surface area contributed by atoms with Gasteiger partial charge in [0.25, 0.3) is 5.69 Å². The zero-order valence-electron chi connectivity index (χ0n) is 10.6. The summed E-state index contributed by atoms with van der Waals surface area (Å²) in [5.74, 6) is 0.542. The van der Waals surface area contributed by atoms with Crippen molar-refractivity contribution in [3.8, 4) is 0 Å². The molecular formula is C13H17N3O3. The topological polar surface area (TPSA) is 84.3 Å². The minimum Gasteiger partial charge on any atom is -0.356 e. The van der Waals surface area contributed by atoms with E-state index in [0.29, 0.717) is 25.3 Å². The lowest BCUT2D eigenvalue weighted by molar-refractivity contribution is -0.384. The van der Waals surface area contributed by atoms with E-state index in [1.807, 2.05) is 0 Å². The van der Waals surface area contributed by atoms with Gasteiger partial charge in [0.05, 0.1) is 4.92 Å². The summed E-state index contributed by atoms with van der Waals surface area (Å²) in [6.45, 7) is 2.64. The maximum Gasteiger partial charge on any atom is 0.269 e. The Morgan fingerprint density at radius 1 is 1.47 bits per heavy atom. The molecule has 0 atom stereocenters. The number of nitro groups is 1. The standard InChI is InChI=1S/C13H17N3O3/c17-13(15-9-11-7-14-8-11)5-4-10-2-1-3-12(6-10)16(18)19/h1-3,6,11,14H,4-5,7-9H2,(H,15,17). The number of carbonyl (C=O) groups excluding carboxylic acids is 1. The molecular weight excluding hydrogens is 246 g/mol. The Kier molecular flexibility index (Phi) is 4.46. The molecule has 102 valence electrons. The molecule has 0 unspecified atom stereocenters. The minimum absolute atomic E-state index is 0.00148. The van der Waals surface area contributed by atoms with E-state index in [1.54, 1.807) is 12.1 Å². The van der Waals surface area contributed by atoms with Crippen LogP contribution in [-0.4, -0.2) is 30.5 Å². The second-order valence-corrected chi connectivity index (χ2v) is 4.76. The average Bonchev–Trinajstić information content (AvgIpc) is 2.35. The summed E-state index contributed by atoms with van der Waals surface area (Å²) in [6.07, 6.45) is 0.887. The molecule has 1 aromatic rings. The summed E-state index contributed by atoms with van der Waals surface area (Å²) in [4.78, 5) is 21.8. The molecule has 6 nitrogen and oxygen atoms in total. The number of carbonyl (C=O) groups is 1. The first kappa shape index (κ1) is 13.5. The van der Waals surface area contributed by atoms with Crippen molar-refractivity contribution in [3.05, 3.63) is 39.9 Å². The molecule has 6 heteroatoms.